The van der Waals surface area contributed by atoms with Crippen LogP contribution in [0.25, 0.3) is 0 Å². The van der Waals surface area contributed by atoms with Crippen molar-refractivity contribution >= 4 is 5.97 Å². The normalized spacial score (nSPS) is 9.72. The van der Waals surface area contributed by atoms with Crippen molar-refractivity contribution in [3.8, 4) is 12.3 Å². The van der Waals surface area contributed by atoms with Gasteiger partial charge in [0.25, 0.3) is 0 Å². The lowest BCUT2D eigenvalue weighted by molar-refractivity contribution is -0.145. The highest BCUT2D eigenvalue weighted by atomic mass is 16.5. The molecule has 0 amide bonds. The third-order valence-electron chi connectivity index (χ3n) is 2.33. The predicted octanol–water partition coefficient (Wildman–Crippen LogP) is 1.61. The number of aromatic nitrogens is 2. The minimum atomic E-state index is -0.342. The molecule has 2 aromatic rings. The number of carbonyl (C=O) groups excluding carboxylic acids is 1. The van der Waals surface area contributed by atoms with Crippen LogP contribution < -0.4 is 0 Å². The van der Waals surface area contributed by atoms with Gasteiger partial charge in [-0.1, -0.05) is 36.3 Å². The van der Waals surface area contributed by atoms with Gasteiger partial charge in [-0.15, -0.1) is 6.42 Å². The van der Waals surface area contributed by atoms with Gasteiger partial charge in [-0.05, 0) is 5.56 Å². The highest BCUT2D eigenvalue weighted by Crippen LogP contribution is 2.01. The minimum absolute atomic E-state index is 0.0640. The molecule has 0 aliphatic rings. The van der Waals surface area contributed by atoms with Crippen molar-refractivity contribution in [2.24, 2.45) is 0 Å². The van der Waals surface area contributed by atoms with Gasteiger partial charge < -0.3 is 4.74 Å². The molecule has 0 bridgehead atoms. The molecule has 1 heterocycles. The topological polar surface area (TPSA) is 44.1 Å². The fraction of sp³-hybridized carbons (Fsp3) is 0.143. The average Bonchev–Trinajstić information content (AvgIpc) is 2.85. The lowest BCUT2D eigenvalue weighted by Gasteiger charge is -2.04. The van der Waals surface area contributed by atoms with Crippen molar-refractivity contribution in [2.75, 3.05) is 0 Å². The van der Waals surface area contributed by atoms with Gasteiger partial charge in [0.05, 0.1) is 11.8 Å². The Morgan fingerprint density at radius 1 is 1.39 bits per heavy atom. The summed E-state index contributed by atoms with van der Waals surface area (Å²) in [6, 6.07) is 9.51. The average molecular weight is 240 g/mol. The van der Waals surface area contributed by atoms with E-state index < -0.39 is 0 Å². The number of hydrogen-bond acceptors (Lipinski definition) is 3. The zero-order chi connectivity index (χ0) is 12.8. The lowest BCUT2D eigenvalue weighted by atomic mass is 10.2. The van der Waals surface area contributed by atoms with Gasteiger partial charge in [-0.3, -0.25) is 9.48 Å². The van der Waals surface area contributed by atoms with Crippen molar-refractivity contribution in [1.29, 1.82) is 0 Å². The van der Waals surface area contributed by atoms with E-state index in [1.807, 2.05) is 30.3 Å². The van der Waals surface area contributed by atoms with Gasteiger partial charge in [0.15, 0.2) is 0 Å². The molecule has 0 saturated carbocycles. The largest absolute Gasteiger partial charge is 0.459 e. The lowest BCUT2D eigenvalue weighted by Crippen LogP contribution is -2.13. The first kappa shape index (κ1) is 11.9. The first-order valence-electron chi connectivity index (χ1n) is 5.46. The van der Waals surface area contributed by atoms with E-state index in [-0.39, 0.29) is 19.1 Å². The molecule has 4 heteroatoms. The molecule has 0 aliphatic heterocycles. The molecule has 0 fully saturated rings. The molecule has 4 nitrogen and oxygen atoms in total. The number of ether oxygens (including phenoxy) is 1. The summed E-state index contributed by atoms with van der Waals surface area (Å²) in [4.78, 5) is 11.5. The van der Waals surface area contributed by atoms with Crippen molar-refractivity contribution in [3.63, 3.8) is 0 Å². The Labute approximate surface area is 105 Å². The van der Waals surface area contributed by atoms with Gasteiger partial charge >= 0.3 is 5.97 Å². The first-order valence-corrected chi connectivity index (χ1v) is 5.46. The van der Waals surface area contributed by atoms with Crippen LogP contribution in [0.4, 0.5) is 0 Å². The number of terminal acetylenes is 1. The van der Waals surface area contributed by atoms with Gasteiger partial charge in [0, 0.05) is 6.20 Å². The summed E-state index contributed by atoms with van der Waals surface area (Å²) < 4.78 is 6.58. The van der Waals surface area contributed by atoms with Crippen LogP contribution in [-0.2, 0) is 22.7 Å². The number of benzene rings is 1. The standard InChI is InChI=1S/C14H12N2O2/c1-2-12-8-15-16(9-12)10-14(17)18-11-13-6-4-3-5-7-13/h1,3-9H,10-11H2. The molecule has 0 atom stereocenters. The summed E-state index contributed by atoms with van der Waals surface area (Å²) >= 11 is 0. The van der Waals surface area contributed by atoms with E-state index in [4.69, 9.17) is 11.2 Å². The fourth-order valence-corrected chi connectivity index (χ4v) is 1.44. The molecule has 0 N–H and O–H groups in total. The summed E-state index contributed by atoms with van der Waals surface area (Å²) in [7, 11) is 0. The van der Waals surface area contributed by atoms with E-state index in [0.29, 0.717) is 5.56 Å². The third kappa shape index (κ3) is 3.22. The van der Waals surface area contributed by atoms with Gasteiger partial charge in [0.1, 0.15) is 13.2 Å². The van der Waals surface area contributed by atoms with Crippen LogP contribution in [0.3, 0.4) is 0 Å². The maximum absolute atomic E-state index is 11.5. The summed E-state index contributed by atoms with van der Waals surface area (Å²) in [5.41, 5.74) is 1.60. The maximum Gasteiger partial charge on any atom is 0.328 e. The van der Waals surface area contributed by atoms with Gasteiger partial charge in [-0.25, -0.2) is 0 Å². The smallest absolute Gasteiger partial charge is 0.328 e. The van der Waals surface area contributed by atoms with E-state index in [1.54, 1.807) is 6.20 Å². The number of esters is 1. The number of rotatable bonds is 4. The van der Waals surface area contributed by atoms with Crippen LogP contribution >= 0.6 is 0 Å². The van der Waals surface area contributed by atoms with Crippen LogP contribution in [0.2, 0.25) is 0 Å². The molecule has 1 aromatic carbocycles. The van der Waals surface area contributed by atoms with E-state index in [2.05, 4.69) is 11.0 Å². The van der Waals surface area contributed by atoms with Gasteiger partial charge in [-0.2, -0.15) is 5.10 Å². The Bertz CT molecular complexity index is 567. The van der Waals surface area contributed by atoms with E-state index in [1.165, 1.54) is 10.9 Å². The van der Waals surface area contributed by atoms with Crippen LogP contribution in [0.5, 0.6) is 0 Å². The van der Waals surface area contributed by atoms with Crippen LogP contribution in [0.1, 0.15) is 11.1 Å². The van der Waals surface area contributed by atoms with Crippen LogP contribution in [-0.4, -0.2) is 15.7 Å². The van der Waals surface area contributed by atoms with Crippen molar-refractivity contribution in [3.05, 3.63) is 53.9 Å². The molecule has 18 heavy (non-hydrogen) atoms. The summed E-state index contributed by atoms with van der Waals surface area (Å²) in [6.45, 7) is 0.331. The van der Waals surface area contributed by atoms with Crippen molar-refractivity contribution in [2.45, 2.75) is 13.2 Å². The monoisotopic (exact) mass is 240 g/mol. The van der Waals surface area contributed by atoms with E-state index in [0.717, 1.165) is 5.56 Å². The van der Waals surface area contributed by atoms with Crippen molar-refractivity contribution < 1.29 is 9.53 Å². The Morgan fingerprint density at radius 2 is 2.17 bits per heavy atom. The van der Waals surface area contributed by atoms with E-state index in [9.17, 15) is 4.79 Å². The molecule has 0 saturated heterocycles. The summed E-state index contributed by atoms with van der Waals surface area (Å²) in [6.07, 6.45) is 8.37. The maximum atomic E-state index is 11.5. The molecular weight excluding hydrogens is 228 g/mol. The van der Waals surface area contributed by atoms with E-state index >= 15 is 0 Å². The Kier molecular flexibility index (Phi) is 3.77. The molecule has 0 spiro atoms. The Hall–Kier alpha value is -2.54. The molecule has 1 aromatic heterocycles. The highest BCUT2D eigenvalue weighted by Gasteiger charge is 2.05. The highest BCUT2D eigenvalue weighted by molar-refractivity contribution is 5.69. The Balaban J connectivity index is 1.84. The first-order chi connectivity index (χ1) is 8.78. The summed E-state index contributed by atoms with van der Waals surface area (Å²) in [5.74, 6) is 2.10. The second kappa shape index (κ2) is 5.69. The van der Waals surface area contributed by atoms with Gasteiger partial charge in [0.2, 0.25) is 0 Å². The zero-order valence-corrected chi connectivity index (χ0v) is 9.74. The second-order valence-electron chi connectivity index (χ2n) is 3.72. The second-order valence-corrected chi connectivity index (χ2v) is 3.72. The quantitative estimate of drug-likeness (QED) is 0.602. The molecular formula is C14H12N2O2. The summed E-state index contributed by atoms with van der Waals surface area (Å²) in [5, 5.41) is 3.96. The number of carbonyl (C=O) groups is 1. The molecule has 2 rings (SSSR count). The Morgan fingerprint density at radius 3 is 2.83 bits per heavy atom. The zero-order valence-electron chi connectivity index (χ0n) is 9.74. The number of nitrogens with zero attached hydrogens (tertiary/aromatic N) is 2. The minimum Gasteiger partial charge on any atom is -0.459 e. The molecule has 90 valence electrons. The third-order valence-corrected chi connectivity index (χ3v) is 2.33. The van der Waals surface area contributed by atoms with Crippen LogP contribution in [0, 0.1) is 12.3 Å². The van der Waals surface area contributed by atoms with Crippen molar-refractivity contribution in [1.82, 2.24) is 9.78 Å². The number of hydrogen-bond donors (Lipinski definition) is 0. The fourth-order valence-electron chi connectivity index (χ4n) is 1.44. The SMILES string of the molecule is C#Cc1cnn(CC(=O)OCc2ccccc2)c1. The molecule has 0 aliphatic carbocycles. The predicted molar refractivity (Wildman–Crippen MR) is 66.4 cm³/mol. The molecule has 0 unspecified atom stereocenters. The van der Waals surface area contributed by atoms with Crippen LogP contribution in [0.15, 0.2) is 42.7 Å². The molecule has 0 radical (unpaired) electrons.